The Hall–Kier alpha value is -4.26. The summed E-state index contributed by atoms with van der Waals surface area (Å²) >= 11 is 0. The number of amides is 2. The van der Waals surface area contributed by atoms with E-state index in [4.69, 9.17) is 48.9 Å². The van der Waals surface area contributed by atoms with Crippen molar-refractivity contribution in [2.24, 2.45) is 0 Å². The van der Waals surface area contributed by atoms with Crippen molar-refractivity contribution in [3.05, 3.63) is 48.8 Å². The molecule has 4 aromatic heterocycles. The number of nitrogens with zero attached hydrogens (tertiary/aromatic N) is 10. The molecule has 4 aromatic rings. The molecule has 6 rings (SSSR count). The van der Waals surface area contributed by atoms with Crippen LogP contribution in [-0.4, -0.2) is 148 Å². The molecular formula is C44H68N10O6S2. The van der Waals surface area contributed by atoms with Gasteiger partial charge in [0.05, 0.1) is 49.1 Å². The zero-order valence-corrected chi connectivity index (χ0v) is 40.5. The molecule has 18 heteroatoms. The quantitative estimate of drug-likeness (QED) is 0.105. The zero-order valence-electron chi connectivity index (χ0n) is 38.8. The molecule has 342 valence electrons. The van der Waals surface area contributed by atoms with E-state index in [2.05, 4.69) is 37.5 Å². The van der Waals surface area contributed by atoms with Gasteiger partial charge in [-0.2, -0.15) is 0 Å². The average Bonchev–Trinajstić information content (AvgIpc) is 3.99. The summed E-state index contributed by atoms with van der Waals surface area (Å²) in [5, 5.41) is 0. The van der Waals surface area contributed by atoms with E-state index in [-0.39, 0.29) is 37.7 Å². The highest BCUT2D eigenvalue weighted by atomic mass is 32.3. The van der Waals surface area contributed by atoms with Gasteiger partial charge in [-0.05, 0) is 105 Å². The number of hydrogen-bond acceptors (Lipinski definition) is 12. The lowest BCUT2D eigenvalue weighted by Gasteiger charge is -2.29. The first-order valence-electron chi connectivity index (χ1n) is 21.3. The Balaban J connectivity index is 1.24. The lowest BCUT2D eigenvalue weighted by Crippen LogP contribution is -2.37. The number of hydrogen-bond donors (Lipinski definition) is 0. The molecule has 0 aliphatic carbocycles. The minimum Gasteiger partial charge on any atom is -0.444 e. The predicted molar refractivity (Wildman–Crippen MR) is 248 cm³/mol. The second kappa shape index (κ2) is 19.2. The third-order valence-corrected chi connectivity index (χ3v) is 13.1. The van der Waals surface area contributed by atoms with E-state index in [0.29, 0.717) is 38.0 Å². The van der Waals surface area contributed by atoms with Gasteiger partial charge in [0.25, 0.3) is 0 Å². The number of imidazole rings is 2. The maximum absolute atomic E-state index is 13.3. The van der Waals surface area contributed by atoms with Crippen molar-refractivity contribution >= 4 is 32.2 Å². The number of aromatic nitrogens is 8. The van der Waals surface area contributed by atoms with Crippen molar-refractivity contribution in [1.29, 1.82) is 0 Å². The number of carbonyl (C=O) groups is 2. The van der Waals surface area contributed by atoms with Crippen LogP contribution < -0.4 is 0 Å². The summed E-state index contributed by atoms with van der Waals surface area (Å²) in [6, 6.07) is -0.513. The van der Waals surface area contributed by atoms with Crippen molar-refractivity contribution in [3.63, 3.8) is 0 Å². The van der Waals surface area contributed by atoms with Gasteiger partial charge in [-0.25, -0.2) is 59.5 Å². The number of rotatable bonds is 15. The Labute approximate surface area is 370 Å². The minimum absolute atomic E-state index is 0.256. The normalized spacial score (nSPS) is 18.1. The Morgan fingerprint density at radius 2 is 0.935 bits per heavy atom. The summed E-state index contributed by atoms with van der Waals surface area (Å²) in [6.07, 6.45) is 26.7. The molecule has 0 saturated carbocycles. The van der Waals surface area contributed by atoms with E-state index in [1.807, 2.05) is 50.7 Å². The van der Waals surface area contributed by atoms with Gasteiger partial charge >= 0.3 is 12.2 Å². The zero-order chi connectivity index (χ0) is 45.0. The lowest BCUT2D eigenvalue weighted by atomic mass is 10.2. The Morgan fingerprint density at radius 3 is 1.26 bits per heavy atom. The van der Waals surface area contributed by atoms with Crippen LogP contribution in [0.3, 0.4) is 0 Å². The van der Waals surface area contributed by atoms with Gasteiger partial charge in [0, 0.05) is 60.5 Å². The first kappa shape index (κ1) is 47.2. The number of likely N-dealkylation sites (tertiary alicyclic amines) is 2. The van der Waals surface area contributed by atoms with Crippen molar-refractivity contribution in [2.45, 2.75) is 104 Å². The van der Waals surface area contributed by atoms with Gasteiger partial charge in [-0.3, -0.25) is 9.80 Å². The molecule has 0 bridgehead atoms. The van der Waals surface area contributed by atoms with Crippen LogP contribution in [0.1, 0.15) is 91.0 Å². The summed E-state index contributed by atoms with van der Waals surface area (Å²) in [6.45, 7) is 14.2. The second-order valence-corrected chi connectivity index (χ2v) is 29.0. The summed E-state index contributed by atoms with van der Waals surface area (Å²) < 4.78 is 28.1. The molecule has 62 heavy (non-hydrogen) atoms. The van der Waals surface area contributed by atoms with Crippen LogP contribution in [0.15, 0.2) is 37.2 Å². The van der Waals surface area contributed by atoms with Gasteiger partial charge in [-0.15, -0.1) is 0 Å². The predicted octanol–water partition coefficient (Wildman–Crippen LogP) is 8.14. The molecule has 2 amide bonds. The molecule has 2 fully saturated rings. The van der Waals surface area contributed by atoms with E-state index >= 15 is 0 Å². The Bertz CT molecular complexity index is 1980. The molecule has 0 spiro atoms. The van der Waals surface area contributed by atoms with E-state index in [9.17, 15) is 9.59 Å². The summed E-state index contributed by atoms with van der Waals surface area (Å²) in [4.78, 5) is 58.6. The van der Waals surface area contributed by atoms with Crippen molar-refractivity contribution in [3.8, 4) is 34.2 Å². The first-order chi connectivity index (χ1) is 29.1. The number of ether oxygens (including phenoxy) is 4. The maximum atomic E-state index is 13.3. The van der Waals surface area contributed by atoms with Crippen LogP contribution in [-0.2, 0) is 32.4 Å². The van der Waals surface area contributed by atoms with Crippen LogP contribution in [0.4, 0.5) is 9.59 Å². The van der Waals surface area contributed by atoms with Crippen LogP contribution in [0.25, 0.3) is 34.2 Å². The van der Waals surface area contributed by atoms with E-state index in [0.717, 1.165) is 71.4 Å². The lowest BCUT2D eigenvalue weighted by molar-refractivity contribution is 0.0195. The fourth-order valence-electron chi connectivity index (χ4n) is 7.27. The molecule has 16 nitrogen and oxygen atoms in total. The number of carbonyl (C=O) groups excluding carboxylic acids is 2. The fourth-order valence-corrected chi connectivity index (χ4v) is 8.51. The van der Waals surface area contributed by atoms with E-state index in [1.54, 1.807) is 47.0 Å². The second-order valence-electron chi connectivity index (χ2n) is 19.8. The molecule has 0 unspecified atom stereocenters. The van der Waals surface area contributed by atoms with Gasteiger partial charge in [0.2, 0.25) is 0 Å². The molecule has 2 aliphatic heterocycles. The molecule has 0 N–H and O–H groups in total. The maximum Gasteiger partial charge on any atom is 0.410 e. The highest BCUT2D eigenvalue weighted by molar-refractivity contribution is 8.32. The standard InChI is InChI=1S/C44H68N10O6S2/c1-43(2,3)59-41(55)51-17-13-15-33(51)39-49-27-35(53(39)29-57-19-21-61(7,8)9)31-23-45-37(46-24-31)38-47-25-32(26-48-38)36-28-50-40(54(36)30-58-20-22-62(10,11)12)34-16-14-18-52(34)42(56)60-44(4,5)6/h23-28,33-34H,13-22,29-30H2,1-12H3/t33-,34-/m0/s1. The average molecular weight is 897 g/mol. The van der Waals surface area contributed by atoms with Crippen LogP contribution in [0, 0.1) is 0 Å². The monoisotopic (exact) mass is 896 g/mol. The van der Waals surface area contributed by atoms with Crippen molar-refractivity contribution in [2.75, 3.05) is 75.3 Å². The van der Waals surface area contributed by atoms with E-state index < -0.39 is 31.3 Å². The molecule has 2 saturated heterocycles. The molecule has 6 heterocycles. The van der Waals surface area contributed by atoms with Crippen molar-refractivity contribution in [1.82, 2.24) is 48.8 Å². The Morgan fingerprint density at radius 1 is 0.581 bits per heavy atom. The third kappa shape index (κ3) is 12.5. The Kier molecular flexibility index (Phi) is 14.6. The molecule has 0 aromatic carbocycles. The highest BCUT2D eigenvalue weighted by Crippen LogP contribution is 2.38. The highest BCUT2D eigenvalue weighted by Gasteiger charge is 2.38. The van der Waals surface area contributed by atoms with E-state index in [1.165, 1.54) is 0 Å². The first-order valence-corrected chi connectivity index (χ1v) is 27.3. The van der Waals surface area contributed by atoms with Crippen LogP contribution >= 0.6 is 20.1 Å². The van der Waals surface area contributed by atoms with Gasteiger partial charge < -0.3 is 28.1 Å². The SMILES string of the molecule is CC(C)(C)OC(=O)N1CCC[C@H]1c1ncc(-c2cnc(-c3ncc(-c4cnc([C@@H]5CCCN5C(=O)OC(C)(C)C)n4COCCS(C)(C)C)cn3)nc2)n1COCCS(C)(C)C. The third-order valence-electron chi connectivity index (χ3n) is 10.3. The van der Waals surface area contributed by atoms with Crippen LogP contribution in [0.5, 0.6) is 0 Å². The summed E-state index contributed by atoms with van der Waals surface area (Å²) in [5.41, 5.74) is 1.83. The largest absolute Gasteiger partial charge is 0.444 e. The minimum atomic E-state index is -0.742. The van der Waals surface area contributed by atoms with Crippen LogP contribution in [0.2, 0.25) is 0 Å². The van der Waals surface area contributed by atoms with Gasteiger partial charge in [0.1, 0.15) is 36.3 Å². The molecule has 2 aliphatic rings. The summed E-state index contributed by atoms with van der Waals surface area (Å²) in [5.74, 6) is 4.15. The van der Waals surface area contributed by atoms with Gasteiger partial charge in [0.15, 0.2) is 11.6 Å². The topological polar surface area (TPSA) is 165 Å². The molecular weight excluding hydrogens is 829 g/mol. The molecule has 2 atom stereocenters. The summed E-state index contributed by atoms with van der Waals surface area (Å²) in [7, 11) is -1.48. The van der Waals surface area contributed by atoms with Gasteiger partial charge in [-0.1, -0.05) is 0 Å². The van der Waals surface area contributed by atoms with Crippen molar-refractivity contribution < 1.29 is 28.5 Å². The molecule has 0 radical (unpaired) electrons. The fraction of sp³-hybridized carbons (Fsp3) is 0.636. The smallest absolute Gasteiger partial charge is 0.410 e.